The van der Waals surface area contributed by atoms with Crippen molar-refractivity contribution in [3.8, 4) is 0 Å². The Hall–Kier alpha value is -3.17. The summed E-state index contributed by atoms with van der Waals surface area (Å²) in [5.74, 6) is -0.516. The van der Waals surface area contributed by atoms with Crippen molar-refractivity contribution in [1.82, 2.24) is 5.32 Å². The van der Waals surface area contributed by atoms with Crippen molar-refractivity contribution in [2.24, 2.45) is 0 Å². The van der Waals surface area contributed by atoms with E-state index in [1.54, 1.807) is 42.2 Å². The highest BCUT2D eigenvalue weighted by Gasteiger charge is 2.32. The second-order valence-corrected chi connectivity index (χ2v) is 14.0. The average molecular weight is 627 g/mol. The fourth-order valence-electron chi connectivity index (χ4n) is 5.06. The summed E-state index contributed by atoms with van der Waals surface area (Å²) in [6.45, 7) is 12.4. The molecule has 212 valence electrons. The lowest BCUT2D eigenvalue weighted by Gasteiger charge is -2.34. The van der Waals surface area contributed by atoms with Crippen LogP contribution in [0.25, 0.3) is 0 Å². The molecule has 1 atom stereocenters. The van der Waals surface area contributed by atoms with Crippen molar-refractivity contribution in [2.75, 3.05) is 16.2 Å². The van der Waals surface area contributed by atoms with E-state index in [1.165, 1.54) is 0 Å². The van der Waals surface area contributed by atoms with Crippen LogP contribution in [0.15, 0.2) is 64.0 Å². The number of halogens is 1. The molecule has 1 aliphatic heterocycles. The van der Waals surface area contributed by atoms with Crippen LogP contribution in [0.4, 0.5) is 11.4 Å². The van der Waals surface area contributed by atoms with Crippen LogP contribution in [0.5, 0.6) is 0 Å². The molecule has 0 aliphatic carbocycles. The van der Waals surface area contributed by atoms with Crippen LogP contribution >= 0.6 is 15.9 Å². The van der Waals surface area contributed by atoms with E-state index in [-0.39, 0.29) is 22.1 Å². The third-order valence-electron chi connectivity index (χ3n) is 7.21. The van der Waals surface area contributed by atoms with E-state index in [4.69, 9.17) is 0 Å². The Morgan fingerprint density at radius 3 is 2.17 bits per heavy atom. The standard InChI is InChI=1S/C31H36BrN3O4S/c1-19-9-12-23(31(4,5)6)18-27(19)40(38,39)34-25-13-10-22(11-14-25)29(36)33-26-8-7-15-35(30(26)37)28-20(2)16-24(32)17-21(28)3/h9-14,16-18,26,34H,7-8,15H2,1-6H3,(H,33,36). The number of carbonyl (C=O) groups is 2. The minimum Gasteiger partial charge on any atom is -0.340 e. The zero-order valence-electron chi connectivity index (χ0n) is 23.8. The first kappa shape index (κ1) is 29.8. The molecule has 1 saturated heterocycles. The van der Waals surface area contributed by atoms with Crippen LogP contribution in [0, 0.1) is 20.8 Å². The van der Waals surface area contributed by atoms with E-state index in [2.05, 4.69) is 26.0 Å². The Morgan fingerprint density at radius 2 is 1.57 bits per heavy atom. The van der Waals surface area contributed by atoms with Gasteiger partial charge in [0.25, 0.3) is 15.9 Å². The van der Waals surface area contributed by atoms with E-state index in [0.717, 1.165) is 33.3 Å². The van der Waals surface area contributed by atoms with Crippen LogP contribution in [0.2, 0.25) is 0 Å². The molecule has 3 aromatic carbocycles. The Morgan fingerprint density at radius 1 is 0.950 bits per heavy atom. The second kappa shape index (κ2) is 11.4. The summed E-state index contributed by atoms with van der Waals surface area (Å²) in [6, 6.07) is 15.0. The van der Waals surface area contributed by atoms with Crippen LogP contribution in [-0.2, 0) is 20.2 Å². The summed E-state index contributed by atoms with van der Waals surface area (Å²) in [5.41, 5.74) is 4.93. The molecule has 0 spiro atoms. The molecule has 7 nitrogen and oxygen atoms in total. The van der Waals surface area contributed by atoms with E-state index in [1.807, 2.05) is 58.9 Å². The summed E-state index contributed by atoms with van der Waals surface area (Å²) in [5, 5.41) is 2.88. The van der Waals surface area contributed by atoms with Gasteiger partial charge in [0.1, 0.15) is 6.04 Å². The van der Waals surface area contributed by atoms with Gasteiger partial charge in [-0.05, 0) is 104 Å². The van der Waals surface area contributed by atoms with Crippen molar-refractivity contribution in [3.05, 3.63) is 86.9 Å². The number of hydrogen-bond acceptors (Lipinski definition) is 4. The van der Waals surface area contributed by atoms with E-state index < -0.39 is 16.1 Å². The lowest BCUT2D eigenvalue weighted by atomic mass is 9.87. The SMILES string of the molecule is Cc1ccc(C(C)(C)C)cc1S(=O)(=O)Nc1ccc(C(=O)NC2CCCN(c3c(C)cc(Br)cc3C)C2=O)cc1. The number of anilines is 2. The van der Waals surface area contributed by atoms with Crippen molar-refractivity contribution in [2.45, 2.75) is 70.7 Å². The van der Waals surface area contributed by atoms with Gasteiger partial charge in [0.2, 0.25) is 5.91 Å². The molecule has 0 aromatic heterocycles. The van der Waals surface area contributed by atoms with Gasteiger partial charge in [0, 0.05) is 28.0 Å². The molecule has 4 rings (SSSR count). The van der Waals surface area contributed by atoms with Gasteiger partial charge in [-0.2, -0.15) is 0 Å². The lowest BCUT2D eigenvalue weighted by molar-refractivity contribution is -0.121. The topological polar surface area (TPSA) is 95.6 Å². The summed E-state index contributed by atoms with van der Waals surface area (Å²) in [6.07, 6.45) is 1.32. The van der Waals surface area contributed by atoms with Crippen LogP contribution in [0.1, 0.15) is 66.2 Å². The van der Waals surface area contributed by atoms with Gasteiger partial charge >= 0.3 is 0 Å². The maximum Gasteiger partial charge on any atom is 0.262 e. The Bertz CT molecular complexity index is 1540. The van der Waals surface area contributed by atoms with Crippen molar-refractivity contribution >= 4 is 49.1 Å². The van der Waals surface area contributed by atoms with Gasteiger partial charge in [-0.3, -0.25) is 14.3 Å². The molecule has 9 heteroatoms. The van der Waals surface area contributed by atoms with Crippen molar-refractivity contribution in [1.29, 1.82) is 0 Å². The fourth-order valence-corrected chi connectivity index (χ4v) is 7.07. The normalized spacial score (nSPS) is 16.1. The zero-order chi connectivity index (χ0) is 29.4. The molecular formula is C31H36BrN3O4S. The number of aryl methyl sites for hydroxylation is 3. The summed E-state index contributed by atoms with van der Waals surface area (Å²) in [7, 11) is -3.84. The molecule has 0 saturated carbocycles. The highest BCUT2D eigenvalue weighted by atomic mass is 79.9. The molecule has 2 amide bonds. The van der Waals surface area contributed by atoms with E-state index in [0.29, 0.717) is 29.8 Å². The predicted octanol–water partition coefficient (Wildman–Crippen LogP) is 6.40. The highest BCUT2D eigenvalue weighted by molar-refractivity contribution is 9.10. The molecule has 1 unspecified atom stereocenters. The van der Waals surface area contributed by atoms with Gasteiger partial charge in [0.05, 0.1) is 4.90 Å². The van der Waals surface area contributed by atoms with E-state index in [9.17, 15) is 18.0 Å². The molecule has 40 heavy (non-hydrogen) atoms. The molecule has 3 aromatic rings. The summed E-state index contributed by atoms with van der Waals surface area (Å²) < 4.78 is 30.0. The average Bonchev–Trinajstić information content (AvgIpc) is 2.85. The Balaban J connectivity index is 1.47. The van der Waals surface area contributed by atoms with Crippen LogP contribution < -0.4 is 14.9 Å². The Labute approximate surface area is 245 Å². The van der Waals surface area contributed by atoms with Crippen molar-refractivity contribution < 1.29 is 18.0 Å². The number of nitrogens with zero attached hydrogens (tertiary/aromatic N) is 1. The number of nitrogens with one attached hydrogen (secondary N) is 2. The number of benzene rings is 3. The van der Waals surface area contributed by atoms with E-state index >= 15 is 0 Å². The minimum atomic E-state index is -3.84. The highest BCUT2D eigenvalue weighted by Crippen LogP contribution is 2.32. The monoisotopic (exact) mass is 625 g/mol. The van der Waals surface area contributed by atoms with Gasteiger partial charge in [-0.25, -0.2) is 8.42 Å². The zero-order valence-corrected chi connectivity index (χ0v) is 26.2. The third kappa shape index (κ3) is 6.41. The van der Waals surface area contributed by atoms with Gasteiger partial charge in [0.15, 0.2) is 0 Å². The lowest BCUT2D eigenvalue weighted by Crippen LogP contribution is -2.52. The number of hydrogen-bond donors (Lipinski definition) is 2. The molecule has 0 radical (unpaired) electrons. The number of piperidine rings is 1. The first-order valence-electron chi connectivity index (χ1n) is 13.3. The largest absolute Gasteiger partial charge is 0.340 e. The molecule has 1 heterocycles. The quantitative estimate of drug-likeness (QED) is 0.331. The first-order chi connectivity index (χ1) is 18.7. The van der Waals surface area contributed by atoms with Gasteiger partial charge < -0.3 is 10.2 Å². The smallest absolute Gasteiger partial charge is 0.262 e. The number of amides is 2. The van der Waals surface area contributed by atoms with Gasteiger partial charge in [-0.1, -0.05) is 48.8 Å². The van der Waals surface area contributed by atoms with Crippen LogP contribution in [-0.4, -0.2) is 32.8 Å². The third-order valence-corrected chi connectivity index (χ3v) is 9.19. The fraction of sp³-hybridized carbons (Fsp3) is 0.355. The summed E-state index contributed by atoms with van der Waals surface area (Å²) in [4.78, 5) is 28.4. The molecule has 0 bridgehead atoms. The second-order valence-electron chi connectivity index (χ2n) is 11.5. The van der Waals surface area contributed by atoms with Crippen molar-refractivity contribution in [3.63, 3.8) is 0 Å². The number of carbonyl (C=O) groups excluding carboxylic acids is 2. The number of sulfonamides is 1. The van der Waals surface area contributed by atoms with Crippen LogP contribution in [0.3, 0.4) is 0 Å². The summed E-state index contributed by atoms with van der Waals surface area (Å²) >= 11 is 3.50. The predicted molar refractivity (Wildman–Crippen MR) is 164 cm³/mol. The minimum absolute atomic E-state index is 0.134. The number of rotatable bonds is 6. The molecule has 1 aliphatic rings. The van der Waals surface area contributed by atoms with Gasteiger partial charge in [-0.15, -0.1) is 0 Å². The maximum atomic E-state index is 13.4. The maximum absolute atomic E-state index is 13.4. The molecule has 1 fully saturated rings. The molecular weight excluding hydrogens is 590 g/mol. The Kier molecular flexibility index (Phi) is 8.47. The first-order valence-corrected chi connectivity index (χ1v) is 15.6. The molecule has 2 N–H and O–H groups in total.